The molecule has 0 saturated heterocycles. The molecule has 19 nitrogen and oxygen atoms in total. The van der Waals surface area contributed by atoms with Gasteiger partial charge in [0.05, 0.1) is 26.2 Å². The van der Waals surface area contributed by atoms with Gasteiger partial charge in [-0.15, -0.1) is 0 Å². The van der Waals surface area contributed by atoms with Crippen molar-refractivity contribution in [2.45, 2.75) is 20.1 Å². The molecule has 4 N–H and O–H groups in total. The summed E-state index contributed by atoms with van der Waals surface area (Å²) in [6, 6.07) is 20.5. The second-order valence-electron chi connectivity index (χ2n) is 16.1. The van der Waals surface area contributed by atoms with E-state index in [9.17, 15) is 38.4 Å². The van der Waals surface area contributed by atoms with E-state index >= 15 is 0 Å². The average Bonchev–Trinajstić information content (AvgIpc) is 3.28. The summed E-state index contributed by atoms with van der Waals surface area (Å²) in [5.74, 6) is -3.30. The van der Waals surface area contributed by atoms with Crippen LogP contribution in [0.15, 0.2) is 78.9 Å². The van der Waals surface area contributed by atoms with E-state index in [2.05, 4.69) is 77.6 Å². The van der Waals surface area contributed by atoms with Gasteiger partial charge in [0.2, 0.25) is 11.8 Å². The van der Waals surface area contributed by atoms with E-state index in [-0.39, 0.29) is 272 Å². The van der Waals surface area contributed by atoms with E-state index in [1.165, 1.54) is 42.5 Å². The summed E-state index contributed by atoms with van der Waals surface area (Å²) in [6.07, 6.45) is 0. The van der Waals surface area contributed by atoms with Crippen molar-refractivity contribution in [3.63, 3.8) is 0 Å². The average molecular weight is 2430 g/mol. The number of carbonyl (C=O) groups is 8. The number of carbonyl (C=O) groups excluding carboxylic acids is 8. The van der Waals surface area contributed by atoms with Crippen LogP contribution in [-0.4, -0.2) is 119 Å². The van der Waals surface area contributed by atoms with Crippen LogP contribution in [0, 0.1) is 63.3 Å². The van der Waals surface area contributed by atoms with Gasteiger partial charge in [0.1, 0.15) is 36.2 Å². The smallest absolute Gasteiger partial charge is 0.251 e. The molecular weight excluding hydrogens is 2370 g/mol. The Morgan fingerprint density at radius 1 is 0.397 bits per heavy atom. The molecular formula is C51H56N8O11W8-8. The van der Waals surface area contributed by atoms with Crippen LogP contribution >= 0.6 is 0 Å². The minimum atomic E-state index is -0.676. The van der Waals surface area contributed by atoms with Crippen LogP contribution in [0.1, 0.15) is 58.1 Å². The first-order valence-electron chi connectivity index (χ1n) is 21.3. The summed E-state index contributed by atoms with van der Waals surface area (Å²) in [6.45, 7) is -0.454. The number of nitrogens with one attached hydrogen (secondary N) is 4. The zero-order chi connectivity index (χ0) is 51.5. The Kier molecular flexibility index (Phi) is 47.7. The van der Waals surface area contributed by atoms with Gasteiger partial charge in [-0.05, 0) is 78.7 Å². The molecule has 27 heteroatoms. The monoisotopic (exact) mass is 2430 g/mol. The van der Waals surface area contributed by atoms with E-state index in [4.69, 9.17) is 14.2 Å². The van der Waals surface area contributed by atoms with Crippen molar-refractivity contribution in [2.24, 2.45) is 0 Å². The third kappa shape index (κ3) is 32.7. The van der Waals surface area contributed by atoms with E-state index in [0.29, 0.717) is 16.9 Å². The van der Waals surface area contributed by atoms with Gasteiger partial charge < -0.3 is 111 Å². The number of ketones is 4. The van der Waals surface area contributed by atoms with Crippen molar-refractivity contribution in [1.82, 2.24) is 40.9 Å². The molecule has 0 aliphatic rings. The number of Topliss-reactive ketones (excluding diaryl/α,β-unsaturated/α-hetero) is 4. The van der Waals surface area contributed by atoms with Gasteiger partial charge in [0.15, 0.2) is 23.1 Å². The van der Waals surface area contributed by atoms with Crippen molar-refractivity contribution in [1.29, 1.82) is 0 Å². The summed E-state index contributed by atoms with van der Waals surface area (Å²) in [5.41, 5.74) is 1.93. The summed E-state index contributed by atoms with van der Waals surface area (Å²) in [4.78, 5) is 108. The Hall–Kier alpha value is -1.81. The molecule has 4 amide bonds. The largest absolute Gasteiger partial charge is 0.604 e. The molecule has 4 rings (SSSR count). The van der Waals surface area contributed by atoms with Crippen molar-refractivity contribution in [2.75, 3.05) is 52.4 Å². The third-order valence-electron chi connectivity index (χ3n) is 9.39. The molecule has 0 aromatic heterocycles. The van der Waals surface area contributed by atoms with E-state index in [1.807, 2.05) is 19.1 Å². The second-order valence-corrected chi connectivity index (χ2v) is 16.1. The van der Waals surface area contributed by atoms with Gasteiger partial charge in [-0.3, -0.25) is 38.4 Å². The first-order valence-corrected chi connectivity index (χ1v) is 21.3. The molecule has 4 aromatic carbocycles. The second kappa shape index (κ2) is 43.8. The first kappa shape index (κ1) is 85.0. The topological polar surface area (TPSA) is 225 Å². The SMILES string of the molecule is [CH2-]N([CH2-])CC(=O)CNC(=O)c1cc(COc2cc(COc3ccc(C)cc3)cc(Oc3cc(C(=O)CNC(=O)CN([CH2-])[CH2-])cc(C(=O)CNC(=O)CN([CH2-])[CH2-])c3)c2)cc(C(=O)NCC(=O)CN([CH2-])[CH2-])c1.[W].[W].[W].[W].[W].[W].[W].[W]. The molecule has 422 valence electrons. The van der Waals surface area contributed by atoms with Crippen LogP contribution in [-0.2, 0) is 201 Å². The van der Waals surface area contributed by atoms with Crippen LogP contribution in [0.2, 0.25) is 0 Å². The summed E-state index contributed by atoms with van der Waals surface area (Å²) in [5, 5.41) is 10.0. The summed E-state index contributed by atoms with van der Waals surface area (Å²) < 4.78 is 18.6. The Labute approximate surface area is 571 Å². The molecule has 0 fully saturated rings. The molecule has 78 heavy (non-hydrogen) atoms. The van der Waals surface area contributed by atoms with Gasteiger partial charge in [0.25, 0.3) is 11.8 Å². The maximum absolute atomic E-state index is 13.5. The van der Waals surface area contributed by atoms with Crippen molar-refractivity contribution >= 4 is 46.8 Å². The Morgan fingerprint density at radius 3 is 1.17 bits per heavy atom. The van der Waals surface area contributed by atoms with Crippen LogP contribution < -0.4 is 35.5 Å². The number of amides is 4. The minimum absolute atomic E-state index is 0. The predicted octanol–water partition coefficient (Wildman–Crippen LogP) is 3.66. The molecule has 0 atom stereocenters. The van der Waals surface area contributed by atoms with Crippen LogP contribution in [0.25, 0.3) is 0 Å². The fraction of sp³-hybridized carbons (Fsp3) is 0.216. The van der Waals surface area contributed by atoms with Crippen molar-refractivity contribution < 1.29 is 221 Å². The molecule has 0 aliphatic carbocycles. The number of hydrogen-bond donors (Lipinski definition) is 4. The zero-order valence-electron chi connectivity index (χ0n) is 42.3. The fourth-order valence-corrected chi connectivity index (χ4v) is 6.23. The fourth-order valence-electron chi connectivity index (χ4n) is 6.23. The number of rotatable bonds is 28. The molecule has 0 unspecified atom stereocenters. The standard InChI is InChI=1S/C51H56N8O11.8W/c1-33-10-12-42(13-11-33)68-32-35-16-43(69-31-34-14-38(50(66)54-23-40(60)27-56(2)3)19-39(15-34)51(67)55-24-41(61)28-57(4)5)22-44(17-35)70-45-20-36(46(62)25-52-48(64)29-58(6)7)18-37(21-45)47(63)26-53-49(65)30-59(8)9;;;;;;;;/h10-22H,2-9,23-32H2,1H3,(H,52,64)(H,53,65)(H,54,66)(H,55,67);;;;;;;;/q-8;;;;;;;;. The number of hydrogen-bond acceptors (Lipinski definition) is 15. The number of aryl methyl sites for hydroxylation is 1. The van der Waals surface area contributed by atoms with Gasteiger partial charge in [0, 0.05) is 223 Å². The first-order chi connectivity index (χ1) is 33.1. The predicted molar refractivity (Wildman–Crippen MR) is 258 cm³/mol. The molecule has 0 saturated carbocycles. The summed E-state index contributed by atoms with van der Waals surface area (Å²) in [7, 11) is 28.2. The van der Waals surface area contributed by atoms with Gasteiger partial charge in [-0.2, -0.15) is 0 Å². The molecule has 0 aliphatic heterocycles. The third-order valence-corrected chi connectivity index (χ3v) is 9.39. The Morgan fingerprint density at radius 2 is 0.756 bits per heavy atom. The van der Waals surface area contributed by atoms with Crippen molar-refractivity contribution in [3.05, 3.63) is 174 Å². The van der Waals surface area contributed by atoms with Gasteiger partial charge in [-0.25, -0.2) is 0 Å². The van der Waals surface area contributed by atoms with Gasteiger partial charge >= 0.3 is 0 Å². The normalized spacial score (nSPS) is 9.91. The maximum atomic E-state index is 13.5. The van der Waals surface area contributed by atoms with Crippen LogP contribution in [0.3, 0.4) is 0 Å². The Balaban J connectivity index is -0.00000222. The quantitative estimate of drug-likeness (QED) is 0.0471. The van der Waals surface area contributed by atoms with E-state index < -0.39 is 48.3 Å². The molecule has 0 heterocycles. The Bertz CT molecular complexity index is 2450. The number of ether oxygens (including phenoxy) is 3. The van der Waals surface area contributed by atoms with E-state index in [1.54, 1.807) is 24.3 Å². The summed E-state index contributed by atoms with van der Waals surface area (Å²) >= 11 is 0. The van der Waals surface area contributed by atoms with Crippen molar-refractivity contribution in [3.8, 4) is 23.0 Å². The number of nitrogens with zero attached hydrogens (tertiary/aromatic N) is 4. The zero-order valence-corrected chi connectivity index (χ0v) is 65.7. The number of benzene rings is 4. The molecule has 0 radical (unpaired) electrons. The van der Waals surface area contributed by atoms with Gasteiger partial charge in [-0.1, -0.05) is 17.7 Å². The van der Waals surface area contributed by atoms with Crippen LogP contribution in [0.4, 0.5) is 0 Å². The minimum Gasteiger partial charge on any atom is -0.604 e. The maximum Gasteiger partial charge on any atom is 0.251 e. The van der Waals surface area contributed by atoms with Crippen LogP contribution in [0.5, 0.6) is 23.0 Å². The van der Waals surface area contributed by atoms with E-state index in [0.717, 1.165) is 25.2 Å². The molecule has 0 spiro atoms. The molecule has 0 bridgehead atoms. The molecule has 4 aromatic rings.